The lowest BCUT2D eigenvalue weighted by Gasteiger charge is -2.22. The van der Waals surface area contributed by atoms with Gasteiger partial charge in [-0.15, -0.1) is 0 Å². The topological polar surface area (TPSA) is 111 Å². The summed E-state index contributed by atoms with van der Waals surface area (Å²) in [7, 11) is 3.89. The van der Waals surface area contributed by atoms with Crippen LogP contribution in [0.1, 0.15) is 48.1 Å². The summed E-state index contributed by atoms with van der Waals surface area (Å²) in [5.41, 5.74) is 2.72. The van der Waals surface area contributed by atoms with Gasteiger partial charge in [-0.05, 0) is 54.8 Å². The molecular formula is C26H29N5O4. The summed E-state index contributed by atoms with van der Waals surface area (Å²) in [6, 6.07) is 12.8. The number of rotatable bonds is 5. The van der Waals surface area contributed by atoms with Crippen molar-refractivity contribution in [2.24, 2.45) is 5.10 Å². The Bertz CT molecular complexity index is 1410. The van der Waals surface area contributed by atoms with Crippen molar-refractivity contribution in [2.75, 3.05) is 19.0 Å². The third-order valence-electron chi connectivity index (χ3n) is 6.10. The van der Waals surface area contributed by atoms with E-state index in [0.717, 1.165) is 26.9 Å². The van der Waals surface area contributed by atoms with Crippen molar-refractivity contribution in [3.05, 3.63) is 85.6 Å². The molecular weight excluding hydrogens is 446 g/mol. The number of hydrazone groups is 1. The Morgan fingerprint density at radius 3 is 2.31 bits per heavy atom. The Labute approximate surface area is 203 Å². The van der Waals surface area contributed by atoms with Gasteiger partial charge in [0.05, 0.1) is 17.4 Å². The van der Waals surface area contributed by atoms with Crippen molar-refractivity contribution >= 4 is 17.3 Å². The maximum absolute atomic E-state index is 12.9. The van der Waals surface area contributed by atoms with E-state index in [1.807, 2.05) is 63.2 Å². The van der Waals surface area contributed by atoms with Crippen molar-refractivity contribution < 1.29 is 9.90 Å². The van der Waals surface area contributed by atoms with E-state index in [9.17, 15) is 19.5 Å². The number of aromatic amines is 1. The Hall–Kier alpha value is -4.14. The zero-order valence-electron chi connectivity index (χ0n) is 20.5. The van der Waals surface area contributed by atoms with Gasteiger partial charge < -0.3 is 10.0 Å². The smallest absolute Gasteiger partial charge is 0.335 e. The summed E-state index contributed by atoms with van der Waals surface area (Å²) in [6.07, 6.45) is 0.447. The van der Waals surface area contributed by atoms with E-state index in [2.05, 4.69) is 10.1 Å². The standard InChI is InChI=1S/C26H29N5O4/c1-6-22(32)31-21(17-7-9-18(10-8-17)29(4)5)14-20(28-31)23-24(33)27-26(35)30(25(23)34)19-12-15(2)11-16(3)13-19/h7-13,21,34H,6,14H2,1-5H3,(H,27,33,35)/t21-/m0/s1. The normalized spacial score (nSPS) is 15.3. The molecule has 182 valence electrons. The van der Waals surface area contributed by atoms with Gasteiger partial charge in [-0.25, -0.2) is 14.4 Å². The van der Waals surface area contributed by atoms with Crippen LogP contribution in [0.15, 0.2) is 57.2 Å². The molecule has 0 saturated heterocycles. The van der Waals surface area contributed by atoms with Gasteiger partial charge in [0, 0.05) is 32.6 Å². The molecule has 1 aliphatic rings. The third kappa shape index (κ3) is 4.49. The van der Waals surface area contributed by atoms with Crippen molar-refractivity contribution in [3.8, 4) is 11.6 Å². The number of nitrogens with one attached hydrogen (secondary N) is 1. The highest BCUT2D eigenvalue weighted by atomic mass is 16.3. The lowest BCUT2D eigenvalue weighted by Crippen LogP contribution is -2.33. The SMILES string of the molecule is CCC(=O)N1N=C(c2c(O)n(-c3cc(C)cc(C)c3)c(=O)[nH]c2=O)C[C@H]1c1ccc(N(C)C)cc1. The molecule has 0 bridgehead atoms. The monoisotopic (exact) mass is 475 g/mol. The number of aromatic nitrogens is 2. The van der Waals surface area contributed by atoms with E-state index in [1.165, 1.54) is 5.01 Å². The Kier molecular flexibility index (Phi) is 6.34. The first-order chi connectivity index (χ1) is 16.6. The lowest BCUT2D eigenvalue weighted by molar-refractivity contribution is -0.132. The number of aryl methyl sites for hydroxylation is 2. The molecule has 0 saturated carbocycles. The average molecular weight is 476 g/mol. The van der Waals surface area contributed by atoms with Crippen LogP contribution in [-0.4, -0.2) is 45.4 Å². The summed E-state index contributed by atoms with van der Waals surface area (Å²) in [6.45, 7) is 5.51. The second kappa shape index (κ2) is 9.25. The summed E-state index contributed by atoms with van der Waals surface area (Å²) in [4.78, 5) is 42.6. The average Bonchev–Trinajstić information content (AvgIpc) is 3.22. The first-order valence-electron chi connectivity index (χ1n) is 11.4. The van der Waals surface area contributed by atoms with Crippen molar-refractivity contribution in [1.82, 2.24) is 14.6 Å². The van der Waals surface area contributed by atoms with Crippen LogP contribution in [0.25, 0.3) is 5.69 Å². The maximum atomic E-state index is 12.9. The number of H-pyrrole nitrogens is 1. The number of amides is 1. The third-order valence-corrected chi connectivity index (χ3v) is 6.10. The highest BCUT2D eigenvalue weighted by Crippen LogP contribution is 2.35. The number of carbonyl (C=O) groups is 1. The quantitative estimate of drug-likeness (QED) is 0.589. The zero-order chi connectivity index (χ0) is 25.4. The van der Waals surface area contributed by atoms with E-state index >= 15 is 0 Å². The summed E-state index contributed by atoms with van der Waals surface area (Å²) >= 11 is 0. The molecule has 0 fully saturated rings. The van der Waals surface area contributed by atoms with Gasteiger partial charge in [0.1, 0.15) is 5.56 Å². The molecule has 9 nitrogen and oxygen atoms in total. The maximum Gasteiger partial charge on any atom is 0.335 e. The van der Waals surface area contributed by atoms with Crippen LogP contribution < -0.4 is 16.1 Å². The molecule has 0 aliphatic carbocycles. The Balaban J connectivity index is 1.82. The number of hydrogen-bond donors (Lipinski definition) is 2. The van der Waals surface area contributed by atoms with Crippen LogP contribution >= 0.6 is 0 Å². The molecule has 1 aromatic heterocycles. The molecule has 1 atom stereocenters. The van der Waals surface area contributed by atoms with E-state index in [4.69, 9.17) is 0 Å². The number of anilines is 1. The van der Waals surface area contributed by atoms with Gasteiger partial charge in [-0.2, -0.15) is 5.10 Å². The molecule has 1 aliphatic heterocycles. The van der Waals surface area contributed by atoms with Gasteiger partial charge >= 0.3 is 5.69 Å². The number of aromatic hydroxyl groups is 1. The van der Waals surface area contributed by atoms with Crippen LogP contribution in [0.4, 0.5) is 5.69 Å². The van der Waals surface area contributed by atoms with Crippen LogP contribution in [0.2, 0.25) is 0 Å². The second-order valence-electron chi connectivity index (χ2n) is 8.98. The number of nitrogens with zero attached hydrogens (tertiary/aromatic N) is 4. The first-order valence-corrected chi connectivity index (χ1v) is 11.4. The minimum Gasteiger partial charge on any atom is -0.493 e. The van der Waals surface area contributed by atoms with Gasteiger partial charge in [-0.1, -0.05) is 25.1 Å². The predicted octanol–water partition coefficient (Wildman–Crippen LogP) is 3.00. The van der Waals surface area contributed by atoms with Gasteiger partial charge in [0.2, 0.25) is 11.8 Å². The molecule has 4 rings (SSSR count). The molecule has 2 aromatic carbocycles. The van der Waals surface area contributed by atoms with Crippen LogP contribution in [-0.2, 0) is 4.79 Å². The van der Waals surface area contributed by atoms with Gasteiger partial charge in [-0.3, -0.25) is 14.6 Å². The largest absolute Gasteiger partial charge is 0.493 e. The number of hydrogen-bond acceptors (Lipinski definition) is 6. The highest BCUT2D eigenvalue weighted by Gasteiger charge is 2.35. The fourth-order valence-electron chi connectivity index (χ4n) is 4.41. The molecule has 0 unspecified atom stereocenters. The number of carbonyl (C=O) groups excluding carboxylic acids is 1. The van der Waals surface area contributed by atoms with Crippen molar-refractivity contribution in [2.45, 2.75) is 39.7 Å². The Morgan fingerprint density at radius 2 is 1.74 bits per heavy atom. The van der Waals surface area contributed by atoms with E-state index in [0.29, 0.717) is 5.69 Å². The zero-order valence-corrected chi connectivity index (χ0v) is 20.5. The van der Waals surface area contributed by atoms with E-state index < -0.39 is 23.2 Å². The molecule has 35 heavy (non-hydrogen) atoms. The first kappa shape index (κ1) is 24.0. The van der Waals surface area contributed by atoms with Crippen LogP contribution in [0, 0.1) is 13.8 Å². The molecule has 3 aromatic rings. The molecule has 9 heteroatoms. The van der Waals surface area contributed by atoms with Crippen molar-refractivity contribution in [3.63, 3.8) is 0 Å². The Morgan fingerprint density at radius 1 is 1.11 bits per heavy atom. The van der Waals surface area contributed by atoms with E-state index in [-0.39, 0.29) is 30.0 Å². The molecule has 2 N–H and O–H groups in total. The predicted molar refractivity (Wildman–Crippen MR) is 136 cm³/mol. The molecule has 0 spiro atoms. The van der Waals surface area contributed by atoms with Crippen molar-refractivity contribution in [1.29, 1.82) is 0 Å². The van der Waals surface area contributed by atoms with E-state index in [1.54, 1.807) is 19.1 Å². The molecule has 2 heterocycles. The molecule has 1 amide bonds. The summed E-state index contributed by atoms with van der Waals surface area (Å²) in [5.74, 6) is -0.713. The number of benzene rings is 2. The second-order valence-corrected chi connectivity index (χ2v) is 8.98. The fraction of sp³-hybridized carbons (Fsp3) is 0.308. The van der Waals surface area contributed by atoms with Crippen LogP contribution in [0.3, 0.4) is 0 Å². The summed E-state index contributed by atoms with van der Waals surface area (Å²) < 4.78 is 1.06. The fourth-order valence-corrected chi connectivity index (χ4v) is 4.41. The van der Waals surface area contributed by atoms with Gasteiger partial charge in [0.15, 0.2) is 0 Å². The minimum absolute atomic E-state index is 0.120. The van der Waals surface area contributed by atoms with Crippen LogP contribution in [0.5, 0.6) is 5.88 Å². The van der Waals surface area contributed by atoms with Gasteiger partial charge in [0.25, 0.3) is 5.56 Å². The minimum atomic E-state index is -0.753. The molecule has 0 radical (unpaired) electrons. The summed E-state index contributed by atoms with van der Waals surface area (Å²) in [5, 5.41) is 17.0. The highest BCUT2D eigenvalue weighted by molar-refractivity contribution is 6.04. The lowest BCUT2D eigenvalue weighted by atomic mass is 9.98.